The minimum atomic E-state index is -0.00225. The van der Waals surface area contributed by atoms with Crippen molar-refractivity contribution in [1.29, 1.82) is 0 Å². The van der Waals surface area contributed by atoms with Crippen molar-refractivity contribution < 1.29 is 4.79 Å². The first-order valence-electron chi connectivity index (χ1n) is 6.95. The minimum Gasteiger partial charge on any atom is -0.273 e. The molecule has 3 nitrogen and oxygen atoms in total. The van der Waals surface area contributed by atoms with Gasteiger partial charge in [-0.25, -0.2) is 5.43 Å². The summed E-state index contributed by atoms with van der Waals surface area (Å²) in [6.07, 6.45) is 3.70. The normalized spacial score (nSPS) is 11.5. The van der Waals surface area contributed by atoms with Gasteiger partial charge in [0.2, 0.25) is 5.91 Å². The first-order valence-corrected chi connectivity index (χ1v) is 6.95. The van der Waals surface area contributed by atoms with Gasteiger partial charge in [-0.2, -0.15) is 5.10 Å². The third kappa shape index (κ3) is 5.25. The van der Waals surface area contributed by atoms with Gasteiger partial charge in [0.1, 0.15) is 0 Å². The first kappa shape index (κ1) is 15.4. The van der Waals surface area contributed by atoms with Crippen molar-refractivity contribution in [3.05, 3.63) is 34.9 Å². The van der Waals surface area contributed by atoms with E-state index in [1.165, 1.54) is 11.1 Å². The number of benzene rings is 1. The van der Waals surface area contributed by atoms with E-state index in [4.69, 9.17) is 0 Å². The van der Waals surface area contributed by atoms with E-state index in [1.54, 1.807) is 0 Å². The maximum atomic E-state index is 11.6. The number of hydrogen-bond donors (Lipinski definition) is 1. The second kappa shape index (κ2) is 7.72. The van der Waals surface area contributed by atoms with Gasteiger partial charge < -0.3 is 0 Å². The number of aryl methyl sites for hydroxylation is 2. The molecule has 0 spiro atoms. The second-order valence-electron chi connectivity index (χ2n) is 5.01. The Kier molecular flexibility index (Phi) is 6.26. The highest BCUT2D eigenvalue weighted by Gasteiger charge is 2.04. The molecule has 0 heterocycles. The molecule has 1 aromatic rings. The van der Waals surface area contributed by atoms with E-state index in [0.29, 0.717) is 6.42 Å². The van der Waals surface area contributed by atoms with Crippen molar-refractivity contribution in [2.24, 2.45) is 5.10 Å². The monoisotopic (exact) mass is 260 g/mol. The molecular weight excluding hydrogens is 236 g/mol. The molecule has 0 unspecified atom stereocenters. The summed E-state index contributed by atoms with van der Waals surface area (Å²) in [5.74, 6) is -0.00225. The molecule has 3 heteroatoms. The van der Waals surface area contributed by atoms with Gasteiger partial charge in [0, 0.05) is 12.0 Å². The van der Waals surface area contributed by atoms with E-state index in [1.807, 2.05) is 13.0 Å². The standard InChI is InChI=1S/C16H24N2O/c1-5-6-7-8-16(19)18-17-14(4)15-10-9-12(2)11-13(15)3/h9-11H,5-8H2,1-4H3,(H,18,19). The van der Waals surface area contributed by atoms with Gasteiger partial charge in [-0.15, -0.1) is 0 Å². The zero-order chi connectivity index (χ0) is 14.3. The lowest BCUT2D eigenvalue weighted by molar-refractivity contribution is -0.121. The van der Waals surface area contributed by atoms with Crippen LogP contribution < -0.4 is 5.43 Å². The van der Waals surface area contributed by atoms with Crippen molar-refractivity contribution in [3.63, 3.8) is 0 Å². The molecule has 0 aliphatic rings. The van der Waals surface area contributed by atoms with E-state index < -0.39 is 0 Å². The van der Waals surface area contributed by atoms with Crippen LogP contribution in [0, 0.1) is 13.8 Å². The van der Waals surface area contributed by atoms with Crippen LogP contribution >= 0.6 is 0 Å². The van der Waals surface area contributed by atoms with E-state index in [2.05, 4.69) is 43.4 Å². The maximum Gasteiger partial charge on any atom is 0.240 e. The Morgan fingerprint density at radius 2 is 2.00 bits per heavy atom. The topological polar surface area (TPSA) is 41.5 Å². The van der Waals surface area contributed by atoms with Gasteiger partial charge in [-0.3, -0.25) is 4.79 Å². The van der Waals surface area contributed by atoms with Crippen LogP contribution in [0.4, 0.5) is 0 Å². The van der Waals surface area contributed by atoms with Crippen molar-refractivity contribution in [1.82, 2.24) is 5.43 Å². The van der Waals surface area contributed by atoms with Gasteiger partial charge in [0.05, 0.1) is 5.71 Å². The Morgan fingerprint density at radius 1 is 1.26 bits per heavy atom. The molecule has 1 N–H and O–H groups in total. The lowest BCUT2D eigenvalue weighted by atomic mass is 10.0. The van der Waals surface area contributed by atoms with Crippen LogP contribution in [0.3, 0.4) is 0 Å². The Hall–Kier alpha value is -1.64. The zero-order valence-electron chi connectivity index (χ0n) is 12.4. The van der Waals surface area contributed by atoms with Crippen LogP contribution in [0.5, 0.6) is 0 Å². The van der Waals surface area contributed by atoms with Crippen molar-refractivity contribution in [2.75, 3.05) is 0 Å². The van der Waals surface area contributed by atoms with E-state index in [9.17, 15) is 4.79 Å². The lowest BCUT2D eigenvalue weighted by Crippen LogP contribution is -2.19. The summed E-state index contributed by atoms with van der Waals surface area (Å²) in [7, 11) is 0. The van der Waals surface area contributed by atoms with Crippen molar-refractivity contribution >= 4 is 11.6 Å². The molecule has 0 radical (unpaired) electrons. The smallest absolute Gasteiger partial charge is 0.240 e. The summed E-state index contributed by atoms with van der Waals surface area (Å²) >= 11 is 0. The molecule has 1 rings (SSSR count). The summed E-state index contributed by atoms with van der Waals surface area (Å²) in [5, 5.41) is 4.18. The Balaban J connectivity index is 2.59. The van der Waals surface area contributed by atoms with E-state index in [0.717, 1.165) is 30.5 Å². The Bertz CT molecular complexity index is 464. The van der Waals surface area contributed by atoms with Crippen LogP contribution in [0.1, 0.15) is 56.2 Å². The highest BCUT2D eigenvalue weighted by atomic mass is 16.2. The molecular formula is C16H24N2O. The number of hydrazone groups is 1. The van der Waals surface area contributed by atoms with E-state index in [-0.39, 0.29) is 5.91 Å². The number of hydrogen-bond acceptors (Lipinski definition) is 2. The number of amides is 1. The number of nitrogens with one attached hydrogen (secondary N) is 1. The number of carbonyl (C=O) groups is 1. The molecule has 0 saturated heterocycles. The summed E-state index contributed by atoms with van der Waals surface area (Å²) in [6.45, 7) is 8.17. The minimum absolute atomic E-state index is 0.00225. The van der Waals surface area contributed by atoms with Crippen LogP contribution in [0.15, 0.2) is 23.3 Å². The quantitative estimate of drug-likeness (QED) is 0.472. The maximum absolute atomic E-state index is 11.6. The van der Waals surface area contributed by atoms with Gasteiger partial charge in [-0.05, 0) is 32.8 Å². The lowest BCUT2D eigenvalue weighted by Gasteiger charge is -2.07. The molecule has 0 saturated carbocycles. The average molecular weight is 260 g/mol. The predicted octanol–water partition coefficient (Wildman–Crippen LogP) is 3.72. The summed E-state index contributed by atoms with van der Waals surface area (Å²) in [5.41, 5.74) is 6.98. The van der Waals surface area contributed by atoms with Crippen LogP contribution in [0.2, 0.25) is 0 Å². The third-order valence-electron chi connectivity index (χ3n) is 3.13. The highest BCUT2D eigenvalue weighted by molar-refractivity contribution is 6.00. The Morgan fingerprint density at radius 3 is 2.63 bits per heavy atom. The van der Waals surface area contributed by atoms with Gasteiger partial charge in [0.15, 0.2) is 0 Å². The summed E-state index contributed by atoms with van der Waals surface area (Å²) < 4.78 is 0. The van der Waals surface area contributed by atoms with Crippen molar-refractivity contribution in [3.8, 4) is 0 Å². The number of unbranched alkanes of at least 4 members (excludes halogenated alkanes) is 2. The highest BCUT2D eigenvalue weighted by Crippen LogP contribution is 2.11. The van der Waals surface area contributed by atoms with E-state index >= 15 is 0 Å². The van der Waals surface area contributed by atoms with Crippen LogP contribution in [-0.4, -0.2) is 11.6 Å². The fourth-order valence-electron chi connectivity index (χ4n) is 2.02. The average Bonchev–Trinajstić information content (AvgIpc) is 2.36. The number of nitrogens with zero attached hydrogens (tertiary/aromatic N) is 1. The molecule has 19 heavy (non-hydrogen) atoms. The fourth-order valence-corrected chi connectivity index (χ4v) is 2.02. The number of carbonyl (C=O) groups excluding carboxylic acids is 1. The largest absolute Gasteiger partial charge is 0.273 e. The SMILES string of the molecule is CCCCCC(=O)NN=C(C)c1ccc(C)cc1C. The zero-order valence-corrected chi connectivity index (χ0v) is 12.4. The molecule has 0 aliphatic carbocycles. The summed E-state index contributed by atoms with van der Waals surface area (Å²) in [4.78, 5) is 11.6. The molecule has 0 fully saturated rings. The molecule has 1 aromatic carbocycles. The van der Waals surface area contributed by atoms with Gasteiger partial charge in [0.25, 0.3) is 0 Å². The molecule has 0 atom stereocenters. The molecule has 104 valence electrons. The van der Waals surface area contributed by atoms with Gasteiger partial charge in [-0.1, -0.05) is 43.5 Å². The second-order valence-corrected chi connectivity index (χ2v) is 5.01. The number of rotatable bonds is 6. The molecule has 1 amide bonds. The molecule has 0 aromatic heterocycles. The fraction of sp³-hybridized carbons (Fsp3) is 0.500. The molecule has 0 aliphatic heterocycles. The Labute approximate surface area is 116 Å². The van der Waals surface area contributed by atoms with Crippen molar-refractivity contribution in [2.45, 2.75) is 53.4 Å². The predicted molar refractivity (Wildman–Crippen MR) is 80.4 cm³/mol. The third-order valence-corrected chi connectivity index (χ3v) is 3.13. The molecule has 0 bridgehead atoms. The van der Waals surface area contributed by atoms with Crippen LogP contribution in [-0.2, 0) is 4.79 Å². The summed E-state index contributed by atoms with van der Waals surface area (Å²) in [6, 6.07) is 6.23. The van der Waals surface area contributed by atoms with Crippen LogP contribution in [0.25, 0.3) is 0 Å². The first-order chi connectivity index (χ1) is 9.04. The van der Waals surface area contributed by atoms with Gasteiger partial charge >= 0.3 is 0 Å².